The summed E-state index contributed by atoms with van der Waals surface area (Å²) in [6.07, 6.45) is 2.00. The molecule has 0 spiro atoms. The van der Waals surface area contributed by atoms with Gasteiger partial charge in [0.1, 0.15) is 30.5 Å². The summed E-state index contributed by atoms with van der Waals surface area (Å²) in [7, 11) is 3.92. The van der Waals surface area contributed by atoms with Crippen molar-refractivity contribution in [2.24, 2.45) is 0 Å². The van der Waals surface area contributed by atoms with Gasteiger partial charge in [0.2, 0.25) is 0 Å². The highest BCUT2D eigenvalue weighted by atomic mass is 35.5. The second-order valence-electron chi connectivity index (χ2n) is 10.6. The molecule has 0 bridgehead atoms. The number of carbonyl (C=O) groups excluding carboxylic acids is 1. The average molecular weight is 580 g/mol. The number of rotatable bonds is 9. The maximum absolute atomic E-state index is 14.7. The van der Waals surface area contributed by atoms with Gasteiger partial charge >= 0.3 is 6.09 Å². The number of benzene rings is 2. The summed E-state index contributed by atoms with van der Waals surface area (Å²) < 4.78 is 32.4. The highest BCUT2D eigenvalue weighted by Gasteiger charge is 2.34. The van der Waals surface area contributed by atoms with E-state index in [9.17, 15) is 9.18 Å². The molecule has 2 N–H and O–H groups in total. The van der Waals surface area contributed by atoms with Gasteiger partial charge in [-0.2, -0.15) is 0 Å². The number of carbonyl (C=O) groups is 1. The van der Waals surface area contributed by atoms with Crippen molar-refractivity contribution in [3.8, 4) is 11.5 Å². The van der Waals surface area contributed by atoms with E-state index in [4.69, 9.17) is 37.4 Å². The van der Waals surface area contributed by atoms with Crippen LogP contribution in [-0.4, -0.2) is 66.0 Å². The lowest BCUT2D eigenvalue weighted by Crippen LogP contribution is -2.50. The van der Waals surface area contributed by atoms with Crippen LogP contribution in [0.15, 0.2) is 30.6 Å². The summed E-state index contributed by atoms with van der Waals surface area (Å²) in [4.78, 5) is 22.8. The number of halogens is 3. The fourth-order valence-electron chi connectivity index (χ4n) is 3.89. The van der Waals surface area contributed by atoms with Crippen LogP contribution in [0, 0.1) is 5.82 Å². The number of aromatic nitrogens is 2. The van der Waals surface area contributed by atoms with Crippen molar-refractivity contribution >= 4 is 51.7 Å². The van der Waals surface area contributed by atoms with Gasteiger partial charge in [-0.3, -0.25) is 0 Å². The maximum atomic E-state index is 14.7. The molecule has 210 valence electrons. The van der Waals surface area contributed by atoms with E-state index in [-0.39, 0.29) is 27.9 Å². The van der Waals surface area contributed by atoms with E-state index >= 15 is 0 Å². The number of ether oxygens (including phenoxy) is 3. The van der Waals surface area contributed by atoms with Crippen LogP contribution in [0.5, 0.6) is 11.5 Å². The van der Waals surface area contributed by atoms with Crippen LogP contribution >= 0.6 is 23.2 Å². The molecule has 1 amide bonds. The number of anilines is 2. The minimum atomic E-state index is -0.686. The van der Waals surface area contributed by atoms with E-state index < -0.39 is 17.5 Å². The molecule has 0 saturated heterocycles. The summed E-state index contributed by atoms with van der Waals surface area (Å²) in [6, 6.07) is 6.48. The predicted octanol–water partition coefficient (Wildman–Crippen LogP) is 6.19. The third-order valence-corrected chi connectivity index (χ3v) is 6.68. The second kappa shape index (κ2) is 12.0. The van der Waals surface area contributed by atoms with Crippen LogP contribution in [0.25, 0.3) is 10.9 Å². The van der Waals surface area contributed by atoms with Gasteiger partial charge in [0.15, 0.2) is 17.3 Å². The van der Waals surface area contributed by atoms with E-state index in [2.05, 4.69) is 20.6 Å². The van der Waals surface area contributed by atoms with Crippen LogP contribution in [-0.2, 0) is 4.74 Å². The predicted molar refractivity (Wildman–Crippen MR) is 150 cm³/mol. The topological polar surface area (TPSA) is 97.8 Å². The lowest BCUT2D eigenvalue weighted by molar-refractivity contribution is 0.0356. The van der Waals surface area contributed by atoms with Crippen molar-refractivity contribution in [3.05, 3.63) is 46.5 Å². The quantitative estimate of drug-likeness (QED) is 0.289. The summed E-state index contributed by atoms with van der Waals surface area (Å²) >= 11 is 11.9. The smallest absolute Gasteiger partial charge is 0.407 e. The molecule has 1 aliphatic rings. The van der Waals surface area contributed by atoms with E-state index in [1.807, 2.05) is 39.8 Å². The number of alkyl carbamates (subject to hydrolysis) is 1. The van der Waals surface area contributed by atoms with E-state index in [0.29, 0.717) is 54.2 Å². The molecule has 3 aromatic rings. The zero-order valence-electron chi connectivity index (χ0n) is 22.5. The van der Waals surface area contributed by atoms with E-state index in [1.54, 1.807) is 12.1 Å². The molecule has 1 aliphatic carbocycles. The third-order valence-electron chi connectivity index (χ3n) is 5.89. The molecule has 2 aromatic carbocycles. The van der Waals surface area contributed by atoms with Crippen LogP contribution in [0.4, 0.5) is 20.7 Å². The maximum Gasteiger partial charge on any atom is 0.407 e. The zero-order valence-corrected chi connectivity index (χ0v) is 24.0. The first-order valence-electron chi connectivity index (χ1n) is 12.5. The van der Waals surface area contributed by atoms with Crippen molar-refractivity contribution < 1.29 is 23.4 Å². The van der Waals surface area contributed by atoms with Gasteiger partial charge in [0, 0.05) is 36.9 Å². The monoisotopic (exact) mass is 579 g/mol. The molecule has 0 atom stereocenters. The van der Waals surface area contributed by atoms with Gasteiger partial charge in [-0.25, -0.2) is 19.2 Å². The molecule has 39 heavy (non-hydrogen) atoms. The van der Waals surface area contributed by atoms with E-state index in [1.165, 1.54) is 18.5 Å². The lowest BCUT2D eigenvalue weighted by Gasteiger charge is -2.36. The first-order valence-corrected chi connectivity index (χ1v) is 13.3. The standard InChI is InChI=1S/C27H32Cl2FN5O4/c1-27(2,3)39-26(36)33-15-10-16(11-15)38-22-12-17-20(13-21(22)37-9-8-35(4)5)31-14-32-25(17)34-19-7-6-18(28)23(29)24(19)30/h6-7,12-16H,8-11H2,1-5H3,(H,33,36)(H,31,32,34). The molecule has 0 unspecified atom stereocenters. The number of amides is 1. The number of fused-ring (bicyclic) bond motifs is 1. The number of hydrogen-bond donors (Lipinski definition) is 2. The Morgan fingerprint density at radius 3 is 2.59 bits per heavy atom. The molecular weight excluding hydrogens is 548 g/mol. The lowest BCUT2D eigenvalue weighted by atomic mass is 9.89. The molecule has 9 nitrogen and oxygen atoms in total. The zero-order chi connectivity index (χ0) is 28.3. The number of nitrogens with one attached hydrogen (secondary N) is 2. The summed E-state index contributed by atoms with van der Waals surface area (Å²) in [5.41, 5.74) is 0.133. The Morgan fingerprint density at radius 1 is 1.15 bits per heavy atom. The molecule has 0 aliphatic heterocycles. The third kappa shape index (κ3) is 7.52. The molecule has 12 heteroatoms. The summed E-state index contributed by atoms with van der Waals surface area (Å²) in [5.74, 6) is 0.696. The molecule has 4 rings (SSSR count). The SMILES string of the molecule is CN(C)CCOc1cc2ncnc(Nc3ccc(Cl)c(Cl)c3F)c2cc1OC1CC(NC(=O)OC(C)(C)C)C1. The highest BCUT2D eigenvalue weighted by molar-refractivity contribution is 6.42. The van der Waals surface area contributed by atoms with Crippen LogP contribution in [0.1, 0.15) is 33.6 Å². The first kappa shape index (κ1) is 28.9. The molecule has 1 fully saturated rings. The van der Waals surface area contributed by atoms with Gasteiger partial charge < -0.3 is 29.7 Å². The molecule has 1 heterocycles. The Hall–Kier alpha value is -3.08. The largest absolute Gasteiger partial charge is 0.488 e. The van der Waals surface area contributed by atoms with Crippen LogP contribution < -0.4 is 20.1 Å². The minimum Gasteiger partial charge on any atom is -0.488 e. The Labute approximate surface area is 236 Å². The Bertz CT molecular complexity index is 1350. The van der Waals surface area contributed by atoms with Gasteiger partial charge in [0.25, 0.3) is 0 Å². The fraction of sp³-hybridized carbons (Fsp3) is 0.444. The van der Waals surface area contributed by atoms with E-state index in [0.717, 1.165) is 0 Å². The number of nitrogens with zero attached hydrogens (tertiary/aromatic N) is 3. The number of hydrogen-bond acceptors (Lipinski definition) is 8. The van der Waals surface area contributed by atoms with Gasteiger partial charge in [-0.1, -0.05) is 23.2 Å². The summed E-state index contributed by atoms with van der Waals surface area (Å²) in [5, 5.41) is 6.38. The van der Waals surface area contributed by atoms with Gasteiger partial charge in [-0.05, 0) is 53.1 Å². The fourth-order valence-corrected chi connectivity index (χ4v) is 4.20. The minimum absolute atomic E-state index is 0.0541. The van der Waals surface area contributed by atoms with Crippen molar-refractivity contribution in [3.63, 3.8) is 0 Å². The Kier molecular flexibility index (Phi) is 8.88. The van der Waals surface area contributed by atoms with Crippen molar-refractivity contribution in [2.45, 2.75) is 51.4 Å². The van der Waals surface area contributed by atoms with Gasteiger partial charge in [-0.15, -0.1) is 0 Å². The normalized spacial score (nSPS) is 17.1. The Morgan fingerprint density at radius 2 is 1.90 bits per heavy atom. The summed E-state index contributed by atoms with van der Waals surface area (Å²) in [6.45, 7) is 6.60. The van der Waals surface area contributed by atoms with Crippen LogP contribution in [0.2, 0.25) is 10.0 Å². The Balaban J connectivity index is 1.56. The molecule has 1 aromatic heterocycles. The first-order chi connectivity index (χ1) is 18.4. The van der Waals surface area contributed by atoms with Crippen LogP contribution in [0.3, 0.4) is 0 Å². The van der Waals surface area contributed by atoms with Crippen molar-refractivity contribution in [1.82, 2.24) is 20.2 Å². The highest BCUT2D eigenvalue weighted by Crippen LogP contribution is 2.39. The average Bonchev–Trinajstić information content (AvgIpc) is 2.82. The van der Waals surface area contributed by atoms with Crippen molar-refractivity contribution in [2.75, 3.05) is 32.6 Å². The number of likely N-dealkylation sites (N-methyl/N-ethyl adjacent to an activating group) is 1. The molecule has 0 radical (unpaired) electrons. The molecular formula is C27H32Cl2FN5O4. The van der Waals surface area contributed by atoms with Gasteiger partial charge in [0.05, 0.1) is 21.2 Å². The second-order valence-corrected chi connectivity index (χ2v) is 11.4. The molecule has 1 saturated carbocycles. The van der Waals surface area contributed by atoms with Crippen molar-refractivity contribution in [1.29, 1.82) is 0 Å².